The SMILES string of the molecule is CC(C)=CCC/C(C)=C/C(Nc1ccc(F)cc1)OP(=O)(O)OP(=O)(O)O. The van der Waals surface area contributed by atoms with E-state index >= 15 is 0 Å². The van der Waals surface area contributed by atoms with E-state index in [1.807, 2.05) is 19.9 Å². The molecule has 0 radical (unpaired) electrons. The van der Waals surface area contributed by atoms with Gasteiger partial charge in [0.2, 0.25) is 0 Å². The van der Waals surface area contributed by atoms with E-state index in [0.717, 1.165) is 17.6 Å². The Balaban J connectivity index is 2.97. The molecule has 11 heteroatoms. The zero-order valence-corrected chi connectivity index (χ0v) is 17.0. The first-order chi connectivity index (χ1) is 12.4. The number of phosphoric ester groups is 1. The first-order valence-corrected chi connectivity index (χ1v) is 11.0. The van der Waals surface area contributed by atoms with Crippen molar-refractivity contribution in [2.45, 2.75) is 39.8 Å². The predicted molar refractivity (Wildman–Crippen MR) is 100 cm³/mol. The Morgan fingerprint density at radius 1 is 1.19 bits per heavy atom. The van der Waals surface area contributed by atoms with Crippen LogP contribution in [0.4, 0.5) is 10.1 Å². The van der Waals surface area contributed by atoms with Crippen LogP contribution in [0.5, 0.6) is 0 Å². The molecule has 1 aromatic rings. The molecule has 152 valence electrons. The van der Waals surface area contributed by atoms with Gasteiger partial charge in [-0.25, -0.2) is 13.5 Å². The molecule has 0 aliphatic heterocycles. The van der Waals surface area contributed by atoms with Crippen LogP contribution in [-0.2, 0) is 18.0 Å². The molecule has 2 unspecified atom stereocenters. The maximum absolute atomic E-state index is 13.0. The normalized spacial score (nSPS) is 15.7. The second kappa shape index (κ2) is 10.3. The van der Waals surface area contributed by atoms with E-state index in [4.69, 9.17) is 14.3 Å². The van der Waals surface area contributed by atoms with Crippen LogP contribution in [0.3, 0.4) is 0 Å². The first kappa shape index (κ1) is 23.7. The van der Waals surface area contributed by atoms with Gasteiger partial charge in [-0.3, -0.25) is 4.52 Å². The monoisotopic (exact) mass is 423 g/mol. The van der Waals surface area contributed by atoms with E-state index in [0.29, 0.717) is 12.1 Å². The van der Waals surface area contributed by atoms with Gasteiger partial charge in [-0.1, -0.05) is 17.2 Å². The van der Waals surface area contributed by atoms with Crippen LogP contribution in [0.15, 0.2) is 47.6 Å². The average Bonchev–Trinajstić information content (AvgIpc) is 2.46. The fraction of sp³-hybridized carbons (Fsp3) is 0.375. The van der Waals surface area contributed by atoms with Gasteiger partial charge in [-0.2, -0.15) is 4.31 Å². The minimum Gasteiger partial charge on any atom is -0.356 e. The molecule has 0 saturated heterocycles. The predicted octanol–water partition coefficient (Wildman–Crippen LogP) is 4.48. The van der Waals surface area contributed by atoms with Crippen LogP contribution >= 0.6 is 15.6 Å². The van der Waals surface area contributed by atoms with Crippen LogP contribution in [0, 0.1) is 5.82 Å². The van der Waals surface area contributed by atoms with Gasteiger partial charge in [-0.05, 0) is 64.0 Å². The van der Waals surface area contributed by atoms with Crippen LogP contribution in [-0.4, -0.2) is 20.9 Å². The standard InChI is InChI=1S/C16H24FNO7P2/c1-12(2)5-4-6-13(3)11-16(18-15-9-7-14(17)8-10-15)24-27(22,23)25-26(19,20)21/h5,7-11,16,18H,4,6H2,1-3H3,(H,22,23)(H2,19,20,21)/b13-11+. The highest BCUT2D eigenvalue weighted by Gasteiger charge is 2.34. The summed E-state index contributed by atoms with van der Waals surface area (Å²) in [7, 11) is -10.3. The van der Waals surface area contributed by atoms with Gasteiger partial charge in [-0.15, -0.1) is 0 Å². The maximum atomic E-state index is 13.0. The summed E-state index contributed by atoms with van der Waals surface area (Å²) >= 11 is 0. The average molecular weight is 423 g/mol. The third-order valence-electron chi connectivity index (χ3n) is 3.14. The summed E-state index contributed by atoms with van der Waals surface area (Å²) in [5, 5.41) is 2.73. The van der Waals surface area contributed by atoms with Gasteiger partial charge in [0.1, 0.15) is 5.82 Å². The van der Waals surface area contributed by atoms with E-state index in [1.165, 1.54) is 30.3 Å². The third kappa shape index (κ3) is 11.2. The number of allylic oxidation sites excluding steroid dienone is 3. The molecule has 0 aliphatic carbocycles. The Bertz CT molecular complexity index is 769. The molecular formula is C16H24FNO7P2. The Kier molecular flexibility index (Phi) is 9.05. The highest BCUT2D eigenvalue weighted by atomic mass is 31.3. The lowest BCUT2D eigenvalue weighted by molar-refractivity contribution is 0.162. The van der Waals surface area contributed by atoms with Crippen molar-refractivity contribution in [2.24, 2.45) is 0 Å². The van der Waals surface area contributed by atoms with E-state index in [2.05, 4.69) is 9.63 Å². The van der Waals surface area contributed by atoms with Crippen molar-refractivity contribution in [1.29, 1.82) is 0 Å². The molecule has 0 spiro atoms. The second-order valence-electron chi connectivity index (χ2n) is 6.05. The highest BCUT2D eigenvalue weighted by Crippen LogP contribution is 2.58. The lowest BCUT2D eigenvalue weighted by Gasteiger charge is -2.21. The quantitative estimate of drug-likeness (QED) is 0.247. The molecule has 0 amide bonds. The Morgan fingerprint density at radius 3 is 2.30 bits per heavy atom. The number of rotatable bonds is 10. The molecule has 0 aliphatic rings. The molecule has 27 heavy (non-hydrogen) atoms. The molecule has 4 N–H and O–H groups in total. The molecule has 0 aromatic heterocycles. The number of halogens is 1. The number of nitrogens with one attached hydrogen (secondary N) is 1. The van der Waals surface area contributed by atoms with Gasteiger partial charge >= 0.3 is 15.6 Å². The number of hydrogen-bond donors (Lipinski definition) is 4. The molecule has 0 saturated carbocycles. The summed E-state index contributed by atoms with van der Waals surface area (Å²) in [5.74, 6) is -0.468. The smallest absolute Gasteiger partial charge is 0.356 e. The van der Waals surface area contributed by atoms with Crippen LogP contribution in [0.1, 0.15) is 33.6 Å². The van der Waals surface area contributed by atoms with Gasteiger partial charge in [0.15, 0.2) is 6.23 Å². The van der Waals surface area contributed by atoms with Crippen LogP contribution in [0.2, 0.25) is 0 Å². The van der Waals surface area contributed by atoms with Crippen molar-refractivity contribution < 1.29 is 37.0 Å². The molecule has 1 rings (SSSR count). The summed E-state index contributed by atoms with van der Waals surface area (Å²) in [4.78, 5) is 27.0. The Hall–Kier alpha value is -1.31. The minimum absolute atomic E-state index is 0.367. The summed E-state index contributed by atoms with van der Waals surface area (Å²) in [6.45, 7) is 5.69. The second-order valence-corrected chi connectivity index (χ2v) is 8.83. The van der Waals surface area contributed by atoms with Gasteiger partial charge in [0.05, 0.1) is 0 Å². The number of anilines is 1. The van der Waals surface area contributed by atoms with Crippen LogP contribution in [0.25, 0.3) is 0 Å². The zero-order valence-electron chi connectivity index (χ0n) is 15.2. The molecule has 1 aromatic carbocycles. The fourth-order valence-corrected chi connectivity index (χ4v) is 3.67. The highest BCUT2D eigenvalue weighted by molar-refractivity contribution is 7.60. The van der Waals surface area contributed by atoms with E-state index in [1.54, 1.807) is 6.92 Å². The van der Waals surface area contributed by atoms with Crippen molar-refractivity contribution in [2.75, 3.05) is 5.32 Å². The number of benzene rings is 1. The summed E-state index contributed by atoms with van der Waals surface area (Å²) in [6, 6.07) is 5.11. The molecule has 0 bridgehead atoms. The third-order valence-corrected chi connectivity index (χ3v) is 5.31. The molecule has 2 atom stereocenters. The summed E-state index contributed by atoms with van der Waals surface area (Å²) in [6.07, 6.45) is 3.63. The lowest BCUT2D eigenvalue weighted by Crippen LogP contribution is -2.20. The van der Waals surface area contributed by atoms with Crippen LogP contribution < -0.4 is 5.32 Å². The van der Waals surface area contributed by atoms with Gasteiger partial charge < -0.3 is 20.0 Å². The largest absolute Gasteiger partial charge is 0.483 e. The minimum atomic E-state index is -5.24. The van der Waals surface area contributed by atoms with Gasteiger partial charge in [0.25, 0.3) is 0 Å². The van der Waals surface area contributed by atoms with Crippen molar-refractivity contribution >= 4 is 21.3 Å². The summed E-state index contributed by atoms with van der Waals surface area (Å²) in [5.41, 5.74) is 2.31. The number of phosphoric acid groups is 2. The summed E-state index contributed by atoms with van der Waals surface area (Å²) < 4.78 is 44.4. The van der Waals surface area contributed by atoms with E-state index in [9.17, 15) is 18.4 Å². The van der Waals surface area contributed by atoms with Crippen molar-refractivity contribution in [3.8, 4) is 0 Å². The molecule has 8 nitrogen and oxygen atoms in total. The van der Waals surface area contributed by atoms with Crippen molar-refractivity contribution in [3.05, 3.63) is 53.4 Å². The van der Waals surface area contributed by atoms with E-state index < -0.39 is 27.7 Å². The van der Waals surface area contributed by atoms with E-state index in [-0.39, 0.29) is 0 Å². The molecule has 0 heterocycles. The zero-order chi connectivity index (χ0) is 20.7. The van der Waals surface area contributed by atoms with Crippen molar-refractivity contribution in [1.82, 2.24) is 0 Å². The van der Waals surface area contributed by atoms with Crippen molar-refractivity contribution in [3.63, 3.8) is 0 Å². The topological polar surface area (TPSA) is 125 Å². The Labute approximate surface area is 157 Å². The molecule has 0 fully saturated rings. The first-order valence-electron chi connectivity index (χ1n) is 7.97. The molecular weight excluding hydrogens is 399 g/mol. The maximum Gasteiger partial charge on any atom is 0.483 e. The van der Waals surface area contributed by atoms with Gasteiger partial charge in [0, 0.05) is 5.69 Å². The fourth-order valence-electron chi connectivity index (χ4n) is 2.04. The lowest BCUT2D eigenvalue weighted by atomic mass is 10.1. The Morgan fingerprint density at radius 2 is 1.78 bits per heavy atom. The number of hydrogen-bond acceptors (Lipinski definition) is 5.